The Labute approximate surface area is 193 Å². The summed E-state index contributed by atoms with van der Waals surface area (Å²) in [6.07, 6.45) is 10.2. The number of rotatable bonds is 2. The summed E-state index contributed by atoms with van der Waals surface area (Å²) in [4.78, 5) is 28.5. The molecule has 0 radical (unpaired) electrons. The molecular weight excluding hydrogens is 512 g/mol. The smallest absolute Gasteiger partial charge is 0.347 e. The Morgan fingerprint density at radius 1 is 1.19 bits per heavy atom. The van der Waals surface area contributed by atoms with E-state index in [1.807, 2.05) is 15.9 Å². The van der Waals surface area contributed by atoms with Crippen LogP contribution in [-0.2, 0) is 9.53 Å². The van der Waals surface area contributed by atoms with E-state index in [9.17, 15) is 14.0 Å². The van der Waals surface area contributed by atoms with Crippen LogP contribution in [0.5, 0.6) is 0 Å². The van der Waals surface area contributed by atoms with E-state index in [1.165, 1.54) is 31.3 Å². The number of amides is 3. The molecule has 170 valence electrons. The molecule has 8 heteroatoms. The van der Waals surface area contributed by atoms with Crippen LogP contribution in [-0.4, -0.2) is 66.7 Å². The van der Waals surface area contributed by atoms with Crippen LogP contribution in [0.4, 0.5) is 9.18 Å². The van der Waals surface area contributed by atoms with Crippen molar-refractivity contribution >= 4 is 11.9 Å². The molecule has 5 rings (SSSR count). The molecule has 4 heterocycles. The van der Waals surface area contributed by atoms with Crippen molar-refractivity contribution in [3.63, 3.8) is 0 Å². The molecule has 31 heavy (non-hydrogen) atoms. The van der Waals surface area contributed by atoms with Gasteiger partial charge in [-0.15, -0.1) is 0 Å². The molecule has 3 amide bonds. The Bertz CT molecular complexity index is 826. The van der Waals surface area contributed by atoms with Gasteiger partial charge < -0.3 is 10.1 Å². The van der Waals surface area contributed by atoms with Crippen molar-refractivity contribution in [2.75, 3.05) is 32.8 Å². The molecule has 0 aromatic heterocycles. The molecule has 6 nitrogen and oxygen atoms in total. The standard InChI is InChI=1S/C23H30FIN3O3/c24-18-2-1-17(10-25-11-18)9-16-3-6-23(7-4-16)14-28(15-23)22(30)27-8-5-20-19(12-27)26-21(29)13-31-20/h1-2,10-11,16,19-20H,3-9,12-15H2,(H,26,29)/q-1/t19-,20+/m0/s1. The molecule has 1 aliphatic carbocycles. The fraction of sp³-hybridized carbons (Fsp3) is 0.652. The summed E-state index contributed by atoms with van der Waals surface area (Å²) in [6.45, 7) is 3.09. The fourth-order valence-electron chi connectivity index (χ4n) is 5.66. The molecule has 4 fully saturated rings. The van der Waals surface area contributed by atoms with Crippen molar-refractivity contribution in [2.45, 2.75) is 50.7 Å². The zero-order valence-electron chi connectivity index (χ0n) is 17.7. The zero-order chi connectivity index (χ0) is 21.4. The monoisotopic (exact) mass is 542 g/mol. The third-order valence-corrected chi connectivity index (χ3v) is 9.55. The number of carbonyl (C=O) groups is 2. The quantitative estimate of drug-likeness (QED) is 0.498. The van der Waals surface area contributed by atoms with Gasteiger partial charge in [-0.2, -0.15) is 0 Å². The number of nitrogens with zero attached hydrogens (tertiary/aromatic N) is 2. The van der Waals surface area contributed by atoms with Crippen molar-refractivity contribution in [3.8, 4) is 0 Å². The van der Waals surface area contributed by atoms with Gasteiger partial charge in [0.1, 0.15) is 6.61 Å². The second-order valence-corrected chi connectivity index (χ2v) is 11.6. The van der Waals surface area contributed by atoms with Gasteiger partial charge in [-0.3, -0.25) is 4.79 Å². The van der Waals surface area contributed by atoms with Gasteiger partial charge in [0.15, 0.2) is 0 Å². The first-order valence-corrected chi connectivity index (χ1v) is 13.8. The molecule has 4 aliphatic heterocycles. The summed E-state index contributed by atoms with van der Waals surface area (Å²) in [5, 5.41) is 2.97. The average Bonchev–Trinajstić information content (AvgIpc) is 2.95. The predicted molar refractivity (Wildman–Crippen MR) is 110 cm³/mol. The van der Waals surface area contributed by atoms with E-state index < -0.39 is 0 Å². The maximum atomic E-state index is 13.4. The number of allylic oxidation sites excluding steroid dienone is 4. The maximum absolute atomic E-state index is 13.4. The molecular formula is C23H30FIN3O3-. The van der Waals surface area contributed by atoms with Gasteiger partial charge >= 0.3 is 148 Å². The number of fused-ring (bicyclic) bond motifs is 1. The minimum atomic E-state index is -0.303. The van der Waals surface area contributed by atoms with Crippen LogP contribution in [0.1, 0.15) is 38.5 Å². The predicted octanol–water partition coefficient (Wildman–Crippen LogP) is -0.0684. The third-order valence-electron chi connectivity index (χ3n) is 7.44. The number of carbonyl (C=O) groups excluding carboxylic acids is 2. The second-order valence-electron chi connectivity index (χ2n) is 9.68. The molecule has 3 saturated heterocycles. The van der Waals surface area contributed by atoms with E-state index in [1.54, 1.807) is 10.2 Å². The van der Waals surface area contributed by atoms with Crippen molar-refractivity contribution in [1.82, 2.24) is 15.1 Å². The van der Waals surface area contributed by atoms with E-state index in [0.717, 1.165) is 25.9 Å². The summed E-state index contributed by atoms with van der Waals surface area (Å²) < 4.78 is 23.0. The first kappa shape index (κ1) is 21.4. The van der Waals surface area contributed by atoms with Crippen molar-refractivity contribution in [2.24, 2.45) is 11.3 Å². The van der Waals surface area contributed by atoms with Crippen LogP contribution < -0.4 is 26.5 Å². The number of urea groups is 1. The summed E-state index contributed by atoms with van der Waals surface area (Å²) in [7, 11) is 0. The molecule has 0 bridgehead atoms. The van der Waals surface area contributed by atoms with E-state index in [2.05, 4.69) is 9.40 Å². The topological polar surface area (TPSA) is 61.9 Å². The Hall–Kier alpha value is -1.42. The van der Waals surface area contributed by atoms with Gasteiger partial charge in [0.25, 0.3) is 0 Å². The molecule has 1 spiro atoms. The van der Waals surface area contributed by atoms with E-state index in [-0.39, 0.29) is 57.7 Å². The van der Waals surface area contributed by atoms with Crippen LogP contribution >= 0.6 is 0 Å². The molecule has 5 aliphatic rings. The van der Waals surface area contributed by atoms with Crippen LogP contribution in [0, 0.1) is 11.3 Å². The molecule has 2 atom stereocenters. The third kappa shape index (κ3) is 4.69. The number of hydrogen-bond donors (Lipinski definition) is 1. The number of morpholine rings is 1. The van der Waals surface area contributed by atoms with E-state index >= 15 is 0 Å². The van der Waals surface area contributed by atoms with E-state index in [0.29, 0.717) is 24.4 Å². The van der Waals surface area contributed by atoms with Crippen molar-refractivity contribution < 1.29 is 39.9 Å². The number of likely N-dealkylation sites (tertiary alicyclic amines) is 2. The van der Waals surface area contributed by atoms with Crippen LogP contribution in [0.25, 0.3) is 0 Å². The SMILES string of the molecule is O=C1CO[C@@H]2CCN(C(=O)N3CC4(CCC(CC5=C[I-]C=C(F)C=C5)CC4)C3)C[C@@H]2N1. The Balaban J connectivity index is 1.08. The van der Waals surface area contributed by atoms with Gasteiger partial charge in [-0.25, -0.2) is 0 Å². The molecule has 0 unspecified atom stereocenters. The van der Waals surface area contributed by atoms with Crippen LogP contribution in [0.2, 0.25) is 0 Å². The number of nitrogens with one attached hydrogen (secondary N) is 1. The first-order valence-electron chi connectivity index (χ1n) is 11.3. The van der Waals surface area contributed by atoms with Crippen molar-refractivity contribution in [3.05, 3.63) is 31.7 Å². The number of ether oxygens (including phenoxy) is 1. The summed E-state index contributed by atoms with van der Waals surface area (Å²) in [6, 6.07) is 0.0290. The average molecular weight is 542 g/mol. The summed E-state index contributed by atoms with van der Waals surface area (Å²) >= 11 is -0.303. The van der Waals surface area contributed by atoms with Gasteiger partial charge in [0, 0.05) is 0 Å². The molecule has 0 aromatic rings. The molecule has 0 aromatic carbocycles. The van der Waals surface area contributed by atoms with Crippen LogP contribution in [0.3, 0.4) is 0 Å². The Morgan fingerprint density at radius 2 is 2.00 bits per heavy atom. The summed E-state index contributed by atoms with van der Waals surface area (Å²) in [5.74, 6) is 0.488. The number of hydrogen-bond acceptors (Lipinski definition) is 3. The minimum absolute atomic E-state index is 0.0348. The molecule has 1 saturated carbocycles. The zero-order valence-corrected chi connectivity index (χ0v) is 19.9. The molecule has 1 N–H and O–H groups in total. The van der Waals surface area contributed by atoms with Gasteiger partial charge in [-0.05, 0) is 6.42 Å². The van der Waals surface area contributed by atoms with E-state index in [4.69, 9.17) is 4.74 Å². The number of halogens is 2. The van der Waals surface area contributed by atoms with Crippen LogP contribution in [0.15, 0.2) is 31.7 Å². The second kappa shape index (κ2) is 8.84. The normalized spacial score (nSPS) is 30.9. The minimum Gasteiger partial charge on any atom is -0.347 e. The van der Waals surface area contributed by atoms with Gasteiger partial charge in [0.2, 0.25) is 5.91 Å². The van der Waals surface area contributed by atoms with Gasteiger partial charge in [-0.1, -0.05) is 0 Å². The number of piperidine rings is 1. The fourth-order valence-corrected chi connectivity index (χ4v) is 7.32. The van der Waals surface area contributed by atoms with Gasteiger partial charge in [0.05, 0.1) is 12.1 Å². The Kier molecular flexibility index (Phi) is 6.11. The Morgan fingerprint density at radius 3 is 2.81 bits per heavy atom. The summed E-state index contributed by atoms with van der Waals surface area (Å²) in [5.41, 5.74) is 1.59. The van der Waals surface area contributed by atoms with Crippen molar-refractivity contribution in [1.29, 1.82) is 0 Å². The first-order chi connectivity index (χ1) is 15.0.